The molecule has 1 N–H and O–H groups in total. The van der Waals surface area contributed by atoms with Crippen LogP contribution in [0.2, 0.25) is 5.02 Å². The summed E-state index contributed by atoms with van der Waals surface area (Å²) >= 11 is 6.02. The Balaban J connectivity index is 2.91. The van der Waals surface area contributed by atoms with Gasteiger partial charge in [-0.05, 0) is 44.0 Å². The van der Waals surface area contributed by atoms with E-state index in [1.54, 1.807) is 19.1 Å². The number of nitrogens with one attached hydrogen (secondary N) is 1. The van der Waals surface area contributed by atoms with Crippen LogP contribution >= 0.6 is 11.6 Å². The van der Waals surface area contributed by atoms with Gasteiger partial charge in [0.15, 0.2) is 0 Å². The average molecular weight is 270 g/mol. The first kappa shape index (κ1) is 14.5. The second kappa shape index (κ2) is 5.87. The van der Waals surface area contributed by atoms with E-state index in [-0.39, 0.29) is 5.91 Å². The molecule has 4 nitrogen and oxygen atoms in total. The maximum absolute atomic E-state index is 12.0. The van der Waals surface area contributed by atoms with Crippen LogP contribution in [0.5, 0.6) is 0 Å². The molecule has 0 saturated carbocycles. The first-order chi connectivity index (χ1) is 8.36. The minimum atomic E-state index is -0.708. The molecule has 0 aliphatic carbocycles. The van der Waals surface area contributed by atoms with Crippen molar-refractivity contribution in [3.05, 3.63) is 33.8 Å². The average Bonchev–Trinajstić information content (AvgIpc) is 2.32. The van der Waals surface area contributed by atoms with Crippen molar-refractivity contribution in [3.63, 3.8) is 0 Å². The molecule has 0 heterocycles. The third-order valence-electron chi connectivity index (χ3n) is 2.73. The highest BCUT2D eigenvalue weighted by atomic mass is 35.5. The minimum Gasteiger partial charge on any atom is -0.467 e. The Morgan fingerprint density at radius 3 is 2.39 bits per heavy atom. The Morgan fingerprint density at radius 2 is 1.83 bits per heavy atom. The van der Waals surface area contributed by atoms with Crippen LogP contribution in [0.4, 0.5) is 0 Å². The van der Waals surface area contributed by atoms with Gasteiger partial charge in [-0.3, -0.25) is 4.79 Å². The molecule has 18 heavy (non-hydrogen) atoms. The SMILES string of the molecule is COC(=O)[C@H](C)NC(=O)c1cc(C)c(C)cc1Cl. The number of carbonyl (C=O) groups is 2. The van der Waals surface area contributed by atoms with E-state index in [4.69, 9.17) is 11.6 Å². The number of rotatable bonds is 3. The zero-order valence-corrected chi connectivity index (χ0v) is 11.6. The predicted molar refractivity (Wildman–Crippen MR) is 69.9 cm³/mol. The van der Waals surface area contributed by atoms with Gasteiger partial charge in [0.1, 0.15) is 6.04 Å². The summed E-state index contributed by atoms with van der Waals surface area (Å²) in [6, 6.07) is 2.73. The van der Waals surface area contributed by atoms with Gasteiger partial charge in [-0.1, -0.05) is 11.6 Å². The van der Waals surface area contributed by atoms with Crippen molar-refractivity contribution in [1.82, 2.24) is 5.32 Å². The van der Waals surface area contributed by atoms with E-state index in [9.17, 15) is 9.59 Å². The van der Waals surface area contributed by atoms with Crippen LogP contribution in [0.1, 0.15) is 28.4 Å². The molecule has 0 aliphatic rings. The lowest BCUT2D eigenvalue weighted by atomic mass is 10.1. The number of methoxy groups -OCH3 is 1. The van der Waals surface area contributed by atoms with Gasteiger partial charge in [-0.25, -0.2) is 4.79 Å². The molecule has 0 unspecified atom stereocenters. The van der Waals surface area contributed by atoms with Gasteiger partial charge in [0.25, 0.3) is 5.91 Å². The zero-order chi connectivity index (χ0) is 13.9. The van der Waals surface area contributed by atoms with Crippen LogP contribution in [0.25, 0.3) is 0 Å². The van der Waals surface area contributed by atoms with Gasteiger partial charge in [-0.15, -0.1) is 0 Å². The van der Waals surface area contributed by atoms with E-state index in [0.29, 0.717) is 10.6 Å². The molecule has 1 aromatic carbocycles. The van der Waals surface area contributed by atoms with Crippen LogP contribution in [0.15, 0.2) is 12.1 Å². The lowest BCUT2D eigenvalue weighted by Gasteiger charge is -2.13. The number of hydrogen-bond acceptors (Lipinski definition) is 3. The summed E-state index contributed by atoms with van der Waals surface area (Å²) in [5.74, 6) is -0.885. The molecule has 1 rings (SSSR count). The van der Waals surface area contributed by atoms with Crippen LogP contribution < -0.4 is 5.32 Å². The fourth-order valence-electron chi connectivity index (χ4n) is 1.47. The van der Waals surface area contributed by atoms with Crippen LogP contribution in [-0.4, -0.2) is 25.0 Å². The second-order valence-electron chi connectivity index (χ2n) is 4.13. The molecule has 1 atom stereocenters. The number of esters is 1. The van der Waals surface area contributed by atoms with E-state index in [1.807, 2.05) is 13.8 Å². The Morgan fingerprint density at radius 1 is 1.28 bits per heavy atom. The largest absolute Gasteiger partial charge is 0.467 e. The summed E-state index contributed by atoms with van der Waals surface area (Å²) in [7, 11) is 1.27. The molecule has 98 valence electrons. The molecule has 5 heteroatoms. The first-order valence-corrected chi connectivity index (χ1v) is 5.90. The molecule has 0 radical (unpaired) electrons. The summed E-state index contributed by atoms with van der Waals surface area (Å²) in [6.07, 6.45) is 0. The smallest absolute Gasteiger partial charge is 0.328 e. The Bertz CT molecular complexity index is 485. The van der Waals surface area contributed by atoms with Gasteiger partial charge >= 0.3 is 5.97 Å². The standard InChI is InChI=1S/C13H16ClNO3/c1-7-5-10(11(14)6-8(7)2)12(16)15-9(3)13(17)18-4/h5-6,9H,1-4H3,(H,15,16)/t9-/m0/s1. The van der Waals surface area contributed by atoms with Crippen molar-refractivity contribution >= 4 is 23.5 Å². The predicted octanol–water partition coefficient (Wildman–Crippen LogP) is 2.25. The molecular weight excluding hydrogens is 254 g/mol. The third kappa shape index (κ3) is 3.23. The second-order valence-corrected chi connectivity index (χ2v) is 4.54. The lowest BCUT2D eigenvalue weighted by Crippen LogP contribution is -2.39. The normalized spacial score (nSPS) is 11.8. The number of carbonyl (C=O) groups excluding carboxylic acids is 2. The van der Waals surface area contributed by atoms with E-state index in [2.05, 4.69) is 10.1 Å². The van der Waals surface area contributed by atoms with Crippen molar-refractivity contribution in [3.8, 4) is 0 Å². The van der Waals surface area contributed by atoms with Gasteiger partial charge in [0, 0.05) is 0 Å². The summed E-state index contributed by atoms with van der Waals surface area (Å²) < 4.78 is 4.54. The third-order valence-corrected chi connectivity index (χ3v) is 3.04. The summed E-state index contributed by atoms with van der Waals surface area (Å²) in [4.78, 5) is 23.2. The van der Waals surface area contributed by atoms with Crippen molar-refractivity contribution < 1.29 is 14.3 Å². The first-order valence-electron chi connectivity index (χ1n) is 5.52. The van der Waals surface area contributed by atoms with Crippen LogP contribution in [0, 0.1) is 13.8 Å². The zero-order valence-electron chi connectivity index (χ0n) is 10.8. The maximum atomic E-state index is 12.0. The fourth-order valence-corrected chi connectivity index (χ4v) is 1.77. The number of hydrogen-bond donors (Lipinski definition) is 1. The van der Waals surface area contributed by atoms with Crippen molar-refractivity contribution in [1.29, 1.82) is 0 Å². The highest BCUT2D eigenvalue weighted by molar-refractivity contribution is 6.34. The van der Waals surface area contributed by atoms with Crippen LogP contribution in [0.3, 0.4) is 0 Å². The van der Waals surface area contributed by atoms with Gasteiger partial charge in [0.2, 0.25) is 0 Å². The van der Waals surface area contributed by atoms with Crippen molar-refractivity contribution in [2.24, 2.45) is 0 Å². The number of benzene rings is 1. The summed E-state index contributed by atoms with van der Waals surface area (Å²) in [5.41, 5.74) is 2.34. The lowest BCUT2D eigenvalue weighted by molar-refractivity contribution is -0.142. The molecule has 0 spiro atoms. The Hall–Kier alpha value is -1.55. The summed E-state index contributed by atoms with van der Waals surface area (Å²) in [6.45, 7) is 5.37. The van der Waals surface area contributed by atoms with Crippen molar-refractivity contribution in [2.75, 3.05) is 7.11 Å². The highest BCUT2D eigenvalue weighted by Crippen LogP contribution is 2.20. The number of ether oxygens (including phenoxy) is 1. The Labute approximate surface area is 111 Å². The number of aryl methyl sites for hydroxylation is 2. The number of halogens is 1. The fraction of sp³-hybridized carbons (Fsp3) is 0.385. The van der Waals surface area contributed by atoms with E-state index < -0.39 is 12.0 Å². The van der Waals surface area contributed by atoms with Gasteiger partial charge in [0.05, 0.1) is 17.7 Å². The molecule has 1 amide bonds. The molecule has 0 aromatic heterocycles. The van der Waals surface area contributed by atoms with E-state index >= 15 is 0 Å². The van der Waals surface area contributed by atoms with E-state index in [1.165, 1.54) is 7.11 Å². The molecule has 0 aliphatic heterocycles. The summed E-state index contributed by atoms with van der Waals surface area (Å²) in [5, 5.41) is 2.90. The molecule has 0 bridgehead atoms. The van der Waals surface area contributed by atoms with Crippen molar-refractivity contribution in [2.45, 2.75) is 26.8 Å². The Kier molecular flexibility index (Phi) is 4.73. The van der Waals surface area contributed by atoms with Crippen LogP contribution in [-0.2, 0) is 9.53 Å². The highest BCUT2D eigenvalue weighted by Gasteiger charge is 2.19. The van der Waals surface area contributed by atoms with E-state index in [0.717, 1.165) is 11.1 Å². The van der Waals surface area contributed by atoms with Gasteiger partial charge < -0.3 is 10.1 Å². The molecule has 1 aromatic rings. The number of amides is 1. The maximum Gasteiger partial charge on any atom is 0.328 e. The molecule has 0 saturated heterocycles. The van der Waals surface area contributed by atoms with Gasteiger partial charge in [-0.2, -0.15) is 0 Å². The molecular formula is C13H16ClNO3. The monoisotopic (exact) mass is 269 g/mol. The minimum absolute atomic E-state index is 0.357. The quantitative estimate of drug-likeness (QED) is 0.857. The molecule has 0 fully saturated rings. The topological polar surface area (TPSA) is 55.4 Å².